The van der Waals surface area contributed by atoms with Crippen molar-refractivity contribution in [2.24, 2.45) is 0 Å². The first-order valence-corrected chi connectivity index (χ1v) is 8.72. The van der Waals surface area contributed by atoms with Crippen LogP contribution < -0.4 is 5.32 Å². The molecule has 0 fully saturated rings. The quantitative estimate of drug-likeness (QED) is 0.384. The van der Waals surface area contributed by atoms with Crippen LogP contribution in [0.25, 0.3) is 33.1 Å². The van der Waals surface area contributed by atoms with E-state index < -0.39 is 0 Å². The van der Waals surface area contributed by atoms with E-state index in [2.05, 4.69) is 66.0 Å². The molecule has 4 aromatic carbocycles. The molecule has 2 heteroatoms. The molecule has 0 saturated carbocycles. The summed E-state index contributed by atoms with van der Waals surface area (Å²) in [6.45, 7) is 0. The van der Waals surface area contributed by atoms with Crippen molar-refractivity contribution < 1.29 is 4.42 Å². The smallest absolute Gasteiger partial charge is 0.145 e. The summed E-state index contributed by atoms with van der Waals surface area (Å²) in [5.41, 5.74) is 6.14. The lowest BCUT2D eigenvalue weighted by Crippen LogP contribution is -1.93. The molecule has 0 aliphatic carbocycles. The van der Waals surface area contributed by atoms with E-state index in [1.165, 1.54) is 0 Å². The molecule has 1 aromatic heterocycles. The van der Waals surface area contributed by atoms with Gasteiger partial charge in [-0.2, -0.15) is 0 Å². The Labute approximate surface area is 151 Å². The molecule has 1 heterocycles. The highest BCUT2D eigenvalue weighted by Crippen LogP contribution is 2.41. The van der Waals surface area contributed by atoms with Crippen molar-refractivity contribution in [1.29, 1.82) is 0 Å². The van der Waals surface area contributed by atoms with Crippen LogP contribution in [0.4, 0.5) is 11.4 Å². The molecule has 0 amide bonds. The average Bonchev–Trinajstić information content (AvgIpc) is 3.08. The fourth-order valence-electron chi connectivity index (χ4n) is 3.46. The van der Waals surface area contributed by atoms with E-state index in [4.69, 9.17) is 4.42 Å². The van der Waals surface area contributed by atoms with Crippen LogP contribution in [0.1, 0.15) is 0 Å². The van der Waals surface area contributed by atoms with Crippen LogP contribution in [0.2, 0.25) is 0 Å². The number of hydrogen-bond acceptors (Lipinski definition) is 2. The van der Waals surface area contributed by atoms with E-state index in [0.717, 1.165) is 44.4 Å². The fourth-order valence-corrected chi connectivity index (χ4v) is 3.46. The maximum absolute atomic E-state index is 6.28. The lowest BCUT2D eigenvalue weighted by Gasteiger charge is -2.13. The van der Waals surface area contributed by atoms with Crippen molar-refractivity contribution in [3.8, 4) is 11.1 Å². The Morgan fingerprint density at radius 2 is 1.27 bits per heavy atom. The van der Waals surface area contributed by atoms with Gasteiger partial charge in [0, 0.05) is 22.0 Å². The molecule has 0 radical (unpaired) electrons. The highest BCUT2D eigenvalue weighted by molar-refractivity contribution is 6.12. The van der Waals surface area contributed by atoms with Gasteiger partial charge < -0.3 is 9.73 Å². The maximum Gasteiger partial charge on any atom is 0.145 e. The van der Waals surface area contributed by atoms with Crippen molar-refractivity contribution in [3.05, 3.63) is 97.1 Å². The van der Waals surface area contributed by atoms with Crippen molar-refractivity contribution in [2.45, 2.75) is 0 Å². The minimum Gasteiger partial charge on any atom is -0.455 e. The molecule has 0 aliphatic heterocycles. The molecule has 1 N–H and O–H groups in total. The number of rotatable bonds is 3. The summed E-state index contributed by atoms with van der Waals surface area (Å²) < 4.78 is 6.28. The fraction of sp³-hybridized carbons (Fsp3) is 0. The van der Waals surface area contributed by atoms with Crippen LogP contribution in [0.15, 0.2) is 101 Å². The molecule has 5 rings (SSSR count). The van der Waals surface area contributed by atoms with E-state index in [9.17, 15) is 0 Å². The molecule has 124 valence electrons. The van der Waals surface area contributed by atoms with Crippen molar-refractivity contribution >= 4 is 33.3 Å². The molecule has 0 spiro atoms. The van der Waals surface area contributed by atoms with Crippen LogP contribution in [-0.2, 0) is 0 Å². The maximum atomic E-state index is 6.28. The normalized spacial score (nSPS) is 11.1. The molecule has 26 heavy (non-hydrogen) atoms. The number of nitrogens with one attached hydrogen (secondary N) is 1. The number of anilines is 2. The van der Waals surface area contributed by atoms with Gasteiger partial charge in [-0.25, -0.2) is 0 Å². The summed E-state index contributed by atoms with van der Waals surface area (Å²) in [4.78, 5) is 0. The molecule has 0 atom stereocenters. The van der Waals surface area contributed by atoms with Crippen molar-refractivity contribution in [2.75, 3.05) is 5.32 Å². The second-order valence-corrected chi connectivity index (χ2v) is 6.32. The lowest BCUT2D eigenvalue weighted by molar-refractivity contribution is 0.670. The first-order chi connectivity index (χ1) is 12.9. The third-order valence-electron chi connectivity index (χ3n) is 4.66. The number of fused-ring (bicyclic) bond motifs is 3. The minimum atomic E-state index is 0.913. The second-order valence-electron chi connectivity index (χ2n) is 6.32. The lowest BCUT2D eigenvalue weighted by atomic mass is 10.00. The predicted octanol–water partition coefficient (Wildman–Crippen LogP) is 7.00. The van der Waals surface area contributed by atoms with Crippen LogP contribution in [0.3, 0.4) is 0 Å². The summed E-state index contributed by atoms with van der Waals surface area (Å²) in [6, 6.07) is 33.1. The summed E-state index contributed by atoms with van der Waals surface area (Å²) in [5.74, 6) is 0. The van der Waals surface area contributed by atoms with E-state index in [0.29, 0.717) is 0 Å². The van der Waals surface area contributed by atoms with Gasteiger partial charge >= 0.3 is 0 Å². The molecule has 5 aromatic rings. The molecule has 2 nitrogen and oxygen atoms in total. The van der Waals surface area contributed by atoms with Gasteiger partial charge in [0.15, 0.2) is 0 Å². The van der Waals surface area contributed by atoms with E-state index >= 15 is 0 Å². The highest BCUT2D eigenvalue weighted by atomic mass is 16.3. The topological polar surface area (TPSA) is 25.2 Å². The summed E-state index contributed by atoms with van der Waals surface area (Å²) in [5, 5.41) is 5.83. The molecular weight excluding hydrogens is 318 g/mol. The van der Waals surface area contributed by atoms with Crippen LogP contribution >= 0.6 is 0 Å². The van der Waals surface area contributed by atoms with Crippen molar-refractivity contribution in [1.82, 2.24) is 0 Å². The Morgan fingerprint density at radius 3 is 2.08 bits per heavy atom. The van der Waals surface area contributed by atoms with E-state index in [1.54, 1.807) is 0 Å². The number of para-hydroxylation sites is 2. The summed E-state index contributed by atoms with van der Waals surface area (Å²) in [6.07, 6.45) is 0. The van der Waals surface area contributed by atoms with Gasteiger partial charge in [-0.3, -0.25) is 0 Å². The first-order valence-electron chi connectivity index (χ1n) is 8.72. The largest absolute Gasteiger partial charge is 0.455 e. The van der Waals surface area contributed by atoms with E-state index in [1.807, 2.05) is 36.4 Å². The molecule has 0 bridgehead atoms. The monoisotopic (exact) mass is 335 g/mol. The number of furan rings is 1. The van der Waals surface area contributed by atoms with Gasteiger partial charge in [0.25, 0.3) is 0 Å². The Hall–Kier alpha value is -3.52. The first kappa shape index (κ1) is 14.8. The van der Waals surface area contributed by atoms with Gasteiger partial charge in [0.1, 0.15) is 11.2 Å². The van der Waals surface area contributed by atoms with Gasteiger partial charge in [0.05, 0.1) is 5.69 Å². The van der Waals surface area contributed by atoms with Gasteiger partial charge in [-0.15, -0.1) is 0 Å². The zero-order valence-corrected chi connectivity index (χ0v) is 14.1. The molecular formula is C24H17NO. The summed E-state index contributed by atoms with van der Waals surface area (Å²) in [7, 11) is 0. The van der Waals surface area contributed by atoms with Crippen LogP contribution in [-0.4, -0.2) is 0 Å². The molecule has 0 aliphatic rings. The molecule has 0 saturated heterocycles. The Kier molecular flexibility index (Phi) is 3.46. The van der Waals surface area contributed by atoms with Gasteiger partial charge in [-0.05, 0) is 35.9 Å². The standard InChI is InChI=1S/C24H17NO/c1-3-9-17(10-4-1)23-21(25-18-11-5-2-6-12-18)16-15-20-19-13-7-8-14-22(19)26-24(20)23/h1-16,25H. The number of benzene rings is 4. The van der Waals surface area contributed by atoms with Gasteiger partial charge in [-0.1, -0.05) is 66.7 Å². The summed E-state index contributed by atoms with van der Waals surface area (Å²) >= 11 is 0. The van der Waals surface area contributed by atoms with Crippen LogP contribution in [0.5, 0.6) is 0 Å². The molecule has 0 unspecified atom stereocenters. The van der Waals surface area contributed by atoms with Gasteiger partial charge in [0.2, 0.25) is 0 Å². The Morgan fingerprint density at radius 1 is 0.577 bits per heavy atom. The third kappa shape index (κ3) is 2.44. The zero-order chi connectivity index (χ0) is 17.3. The SMILES string of the molecule is c1ccc(Nc2ccc3c(oc4ccccc43)c2-c2ccccc2)cc1. The Balaban J connectivity index is 1.80. The predicted molar refractivity (Wildman–Crippen MR) is 109 cm³/mol. The second kappa shape index (κ2) is 6.08. The minimum absolute atomic E-state index is 0.913. The number of hydrogen-bond donors (Lipinski definition) is 1. The van der Waals surface area contributed by atoms with E-state index in [-0.39, 0.29) is 0 Å². The van der Waals surface area contributed by atoms with Crippen LogP contribution in [0, 0.1) is 0 Å². The zero-order valence-electron chi connectivity index (χ0n) is 14.1. The third-order valence-corrected chi connectivity index (χ3v) is 4.66. The van der Waals surface area contributed by atoms with Crippen molar-refractivity contribution in [3.63, 3.8) is 0 Å². The highest BCUT2D eigenvalue weighted by Gasteiger charge is 2.16. The average molecular weight is 335 g/mol. The Bertz CT molecular complexity index is 1190.